The lowest BCUT2D eigenvalue weighted by Crippen LogP contribution is -2.31. The predicted molar refractivity (Wildman–Crippen MR) is 81.0 cm³/mol. The zero-order chi connectivity index (χ0) is 14.6. The molecular weight excluding hydrogens is 250 g/mol. The number of carbonyl (C=O) groups is 1. The average Bonchev–Trinajstić information content (AvgIpc) is 2.43. The van der Waals surface area contributed by atoms with E-state index in [0.29, 0.717) is 19.6 Å². The Labute approximate surface area is 121 Å². The third-order valence-corrected chi connectivity index (χ3v) is 2.71. The van der Waals surface area contributed by atoms with Gasteiger partial charge < -0.3 is 10.1 Å². The maximum Gasteiger partial charge on any atom is 0.217 e. The lowest BCUT2D eigenvalue weighted by Gasteiger charge is -2.09. The van der Waals surface area contributed by atoms with E-state index in [2.05, 4.69) is 24.1 Å². The molecule has 1 aromatic carbocycles. The van der Waals surface area contributed by atoms with Crippen molar-refractivity contribution in [1.82, 2.24) is 5.32 Å². The molecule has 0 radical (unpaired) electrons. The fourth-order valence-electron chi connectivity index (χ4n) is 1.80. The van der Waals surface area contributed by atoms with Crippen molar-refractivity contribution in [3.8, 4) is 11.8 Å². The van der Waals surface area contributed by atoms with Gasteiger partial charge in [0.15, 0.2) is 0 Å². The van der Waals surface area contributed by atoms with Gasteiger partial charge in [0, 0.05) is 13.3 Å². The van der Waals surface area contributed by atoms with Crippen LogP contribution in [0.15, 0.2) is 30.3 Å². The van der Waals surface area contributed by atoms with Gasteiger partial charge in [-0.05, 0) is 12.0 Å². The van der Waals surface area contributed by atoms with Crippen LogP contribution in [0.5, 0.6) is 0 Å². The molecule has 108 valence electrons. The average molecular weight is 273 g/mol. The molecule has 0 spiro atoms. The summed E-state index contributed by atoms with van der Waals surface area (Å²) in [5.41, 5.74) is 1.17. The standard InChI is InChI=1S/C17H23NO2/c1-3-9-17(18-15(2)19)12-7-8-13-20-14-16-10-5-4-6-11-16/h4-6,10-11,17H,3,8-9,13-14H2,1-2H3,(H,18,19)/t17-/m0/s1. The number of amides is 1. The minimum Gasteiger partial charge on any atom is -0.376 e. The second-order valence-corrected chi connectivity index (χ2v) is 4.65. The SMILES string of the molecule is CCC[C@@H](C#CCCOCc1ccccc1)NC(C)=O. The monoisotopic (exact) mass is 273 g/mol. The van der Waals surface area contributed by atoms with Gasteiger partial charge in [-0.25, -0.2) is 0 Å². The summed E-state index contributed by atoms with van der Waals surface area (Å²) in [6, 6.07) is 10.0. The maximum absolute atomic E-state index is 11.0. The van der Waals surface area contributed by atoms with Crippen molar-refractivity contribution in [2.75, 3.05) is 6.61 Å². The van der Waals surface area contributed by atoms with E-state index in [1.807, 2.05) is 30.3 Å². The molecule has 0 fully saturated rings. The molecule has 1 amide bonds. The Kier molecular flexibility index (Phi) is 8.17. The van der Waals surface area contributed by atoms with Crippen LogP contribution in [-0.2, 0) is 16.1 Å². The van der Waals surface area contributed by atoms with Crippen LogP contribution in [0.25, 0.3) is 0 Å². The first kappa shape index (κ1) is 16.3. The Hall–Kier alpha value is -1.79. The van der Waals surface area contributed by atoms with Gasteiger partial charge >= 0.3 is 0 Å². The van der Waals surface area contributed by atoms with Gasteiger partial charge in [-0.2, -0.15) is 0 Å². The Morgan fingerprint density at radius 3 is 2.75 bits per heavy atom. The highest BCUT2D eigenvalue weighted by Crippen LogP contribution is 2.00. The van der Waals surface area contributed by atoms with E-state index >= 15 is 0 Å². The second kappa shape index (κ2) is 10.1. The Balaban J connectivity index is 2.22. The second-order valence-electron chi connectivity index (χ2n) is 4.65. The zero-order valence-corrected chi connectivity index (χ0v) is 12.3. The molecule has 1 atom stereocenters. The van der Waals surface area contributed by atoms with Crippen LogP contribution < -0.4 is 5.32 Å². The first-order valence-corrected chi connectivity index (χ1v) is 7.09. The summed E-state index contributed by atoms with van der Waals surface area (Å²) in [5, 5.41) is 2.84. The highest BCUT2D eigenvalue weighted by molar-refractivity contribution is 5.73. The predicted octanol–water partition coefficient (Wildman–Crippen LogP) is 2.90. The van der Waals surface area contributed by atoms with Crippen LogP contribution in [-0.4, -0.2) is 18.6 Å². The summed E-state index contributed by atoms with van der Waals surface area (Å²) in [4.78, 5) is 11.0. The number of rotatable bonds is 7. The molecule has 0 heterocycles. The number of ether oxygens (including phenoxy) is 1. The van der Waals surface area contributed by atoms with Crippen LogP contribution in [0.2, 0.25) is 0 Å². The first-order chi connectivity index (χ1) is 9.72. The van der Waals surface area contributed by atoms with Crippen LogP contribution in [0.1, 0.15) is 38.7 Å². The van der Waals surface area contributed by atoms with Crippen molar-refractivity contribution in [2.24, 2.45) is 0 Å². The molecule has 0 bridgehead atoms. The lowest BCUT2D eigenvalue weighted by molar-refractivity contribution is -0.119. The molecule has 20 heavy (non-hydrogen) atoms. The van der Waals surface area contributed by atoms with Gasteiger partial charge in [-0.15, -0.1) is 0 Å². The van der Waals surface area contributed by atoms with Gasteiger partial charge in [0.1, 0.15) is 0 Å². The summed E-state index contributed by atoms with van der Waals surface area (Å²) >= 11 is 0. The molecule has 1 N–H and O–H groups in total. The Morgan fingerprint density at radius 2 is 2.10 bits per heavy atom. The van der Waals surface area contributed by atoms with E-state index in [4.69, 9.17) is 4.74 Å². The molecule has 3 nitrogen and oxygen atoms in total. The minimum absolute atomic E-state index is 0.0296. The third kappa shape index (κ3) is 7.60. The smallest absolute Gasteiger partial charge is 0.217 e. The van der Waals surface area contributed by atoms with Crippen molar-refractivity contribution >= 4 is 5.91 Å². The first-order valence-electron chi connectivity index (χ1n) is 7.09. The number of hydrogen-bond donors (Lipinski definition) is 1. The van der Waals surface area contributed by atoms with E-state index in [0.717, 1.165) is 12.8 Å². The molecule has 0 aromatic heterocycles. The summed E-state index contributed by atoms with van der Waals surface area (Å²) in [6.07, 6.45) is 2.58. The normalized spacial score (nSPS) is 11.3. The molecule has 0 unspecified atom stereocenters. The van der Waals surface area contributed by atoms with Gasteiger partial charge in [0.05, 0.1) is 19.3 Å². The van der Waals surface area contributed by atoms with Gasteiger partial charge in [-0.1, -0.05) is 55.5 Å². The molecule has 1 rings (SSSR count). The lowest BCUT2D eigenvalue weighted by atomic mass is 10.1. The molecule has 0 aliphatic rings. The molecule has 0 saturated heterocycles. The van der Waals surface area contributed by atoms with Gasteiger partial charge in [0.25, 0.3) is 0 Å². The zero-order valence-electron chi connectivity index (χ0n) is 12.3. The van der Waals surface area contributed by atoms with E-state index in [1.54, 1.807) is 0 Å². The quantitative estimate of drug-likeness (QED) is 0.613. The molecule has 3 heteroatoms. The number of hydrogen-bond acceptors (Lipinski definition) is 2. The molecule has 0 saturated carbocycles. The van der Waals surface area contributed by atoms with Crippen LogP contribution in [0, 0.1) is 11.8 Å². The highest BCUT2D eigenvalue weighted by Gasteiger charge is 2.03. The summed E-state index contributed by atoms with van der Waals surface area (Å²) < 4.78 is 5.55. The van der Waals surface area contributed by atoms with Crippen molar-refractivity contribution in [1.29, 1.82) is 0 Å². The molecule has 1 aromatic rings. The summed E-state index contributed by atoms with van der Waals surface area (Å²) in [7, 11) is 0. The fraction of sp³-hybridized carbons (Fsp3) is 0.471. The summed E-state index contributed by atoms with van der Waals surface area (Å²) in [6.45, 7) is 4.83. The maximum atomic E-state index is 11.0. The largest absolute Gasteiger partial charge is 0.376 e. The van der Waals surface area contributed by atoms with Crippen LogP contribution >= 0.6 is 0 Å². The number of benzene rings is 1. The topological polar surface area (TPSA) is 38.3 Å². The molecular formula is C17H23NO2. The molecule has 0 aliphatic carbocycles. The third-order valence-electron chi connectivity index (χ3n) is 2.71. The Morgan fingerprint density at radius 1 is 1.35 bits per heavy atom. The van der Waals surface area contributed by atoms with E-state index in [1.165, 1.54) is 12.5 Å². The van der Waals surface area contributed by atoms with E-state index < -0.39 is 0 Å². The summed E-state index contributed by atoms with van der Waals surface area (Å²) in [5.74, 6) is 6.13. The van der Waals surface area contributed by atoms with Crippen molar-refractivity contribution < 1.29 is 9.53 Å². The van der Waals surface area contributed by atoms with Crippen LogP contribution in [0.4, 0.5) is 0 Å². The molecule has 0 aliphatic heterocycles. The van der Waals surface area contributed by atoms with Crippen LogP contribution in [0.3, 0.4) is 0 Å². The van der Waals surface area contributed by atoms with E-state index in [9.17, 15) is 4.79 Å². The number of nitrogens with one attached hydrogen (secondary N) is 1. The van der Waals surface area contributed by atoms with Crippen molar-refractivity contribution in [3.05, 3.63) is 35.9 Å². The number of carbonyl (C=O) groups excluding carboxylic acids is 1. The van der Waals surface area contributed by atoms with E-state index in [-0.39, 0.29) is 11.9 Å². The fourth-order valence-corrected chi connectivity index (χ4v) is 1.80. The Bertz CT molecular complexity index is 445. The van der Waals surface area contributed by atoms with Crippen molar-refractivity contribution in [2.45, 2.75) is 45.8 Å². The highest BCUT2D eigenvalue weighted by atomic mass is 16.5. The van der Waals surface area contributed by atoms with Crippen molar-refractivity contribution in [3.63, 3.8) is 0 Å². The minimum atomic E-state index is -0.0355. The van der Waals surface area contributed by atoms with Gasteiger partial charge in [-0.3, -0.25) is 4.79 Å². The van der Waals surface area contributed by atoms with Gasteiger partial charge in [0.2, 0.25) is 5.91 Å².